The molecule has 0 spiro atoms. The van der Waals surface area contributed by atoms with E-state index < -0.39 is 0 Å². The molecule has 1 amide bonds. The monoisotopic (exact) mass is 414 g/mol. The second-order valence-corrected chi connectivity index (χ2v) is 7.91. The Hall–Kier alpha value is -1.34. The number of hydrogen-bond donors (Lipinski definition) is 0. The van der Waals surface area contributed by atoms with Crippen LogP contribution in [0.15, 0.2) is 23.6 Å². The predicted octanol–water partition coefficient (Wildman–Crippen LogP) is 4.41. The summed E-state index contributed by atoms with van der Waals surface area (Å²) < 4.78 is 10.8. The van der Waals surface area contributed by atoms with Crippen molar-refractivity contribution in [3.05, 3.63) is 44.3 Å². The standard InChI is InChI=1S/C18H20Cl2N2O3S/c1-24-7-6-22(18(23)12-2-3-12)9-14-11-26-17(21-14)10-25-16-8-13(19)4-5-15(16)20/h4-5,8,11-12H,2-3,6-7,9-10H2,1H3. The molecule has 1 saturated carbocycles. The number of amides is 1. The number of ether oxygens (including phenoxy) is 2. The maximum atomic E-state index is 12.4. The van der Waals surface area contributed by atoms with E-state index in [9.17, 15) is 4.79 Å². The van der Waals surface area contributed by atoms with Crippen LogP contribution < -0.4 is 4.74 Å². The molecule has 26 heavy (non-hydrogen) atoms. The van der Waals surface area contributed by atoms with E-state index in [1.807, 2.05) is 10.3 Å². The van der Waals surface area contributed by atoms with E-state index in [-0.39, 0.29) is 11.8 Å². The highest BCUT2D eigenvalue weighted by molar-refractivity contribution is 7.09. The molecule has 1 aliphatic rings. The molecule has 1 aromatic carbocycles. The SMILES string of the molecule is COCCN(Cc1csc(COc2cc(Cl)ccc2Cl)n1)C(=O)C1CC1. The van der Waals surface area contributed by atoms with Crippen molar-refractivity contribution < 1.29 is 14.3 Å². The van der Waals surface area contributed by atoms with E-state index in [4.69, 9.17) is 32.7 Å². The van der Waals surface area contributed by atoms with E-state index >= 15 is 0 Å². The zero-order valence-electron chi connectivity index (χ0n) is 14.4. The molecule has 0 atom stereocenters. The van der Waals surface area contributed by atoms with Crippen LogP contribution in [0.4, 0.5) is 0 Å². The molecule has 0 unspecified atom stereocenters. The Bertz CT molecular complexity index is 765. The molecular formula is C18H20Cl2N2O3S. The molecule has 3 rings (SSSR count). The van der Waals surface area contributed by atoms with Gasteiger partial charge >= 0.3 is 0 Å². The maximum absolute atomic E-state index is 12.4. The lowest BCUT2D eigenvalue weighted by molar-refractivity contribution is -0.133. The Balaban J connectivity index is 1.59. The molecule has 1 heterocycles. The number of nitrogens with zero attached hydrogens (tertiary/aromatic N) is 2. The van der Waals surface area contributed by atoms with Crippen LogP contribution in [0, 0.1) is 5.92 Å². The number of halogens is 2. The first-order valence-electron chi connectivity index (χ1n) is 8.35. The fourth-order valence-corrected chi connectivity index (χ4v) is 3.50. The van der Waals surface area contributed by atoms with Crippen LogP contribution in [0.5, 0.6) is 5.75 Å². The van der Waals surface area contributed by atoms with Gasteiger partial charge in [0.2, 0.25) is 5.91 Å². The first-order chi connectivity index (χ1) is 12.6. The van der Waals surface area contributed by atoms with Gasteiger partial charge in [-0.2, -0.15) is 0 Å². The van der Waals surface area contributed by atoms with Gasteiger partial charge in [-0.1, -0.05) is 23.2 Å². The van der Waals surface area contributed by atoms with Crippen molar-refractivity contribution in [2.24, 2.45) is 5.92 Å². The fraction of sp³-hybridized carbons (Fsp3) is 0.444. The quantitative estimate of drug-likeness (QED) is 0.609. The Labute approximate surface area is 166 Å². The third kappa shape index (κ3) is 5.33. The molecule has 0 aliphatic heterocycles. The molecular weight excluding hydrogens is 395 g/mol. The molecule has 140 valence electrons. The van der Waals surface area contributed by atoms with Gasteiger partial charge in [0.25, 0.3) is 0 Å². The summed E-state index contributed by atoms with van der Waals surface area (Å²) in [6, 6.07) is 5.09. The van der Waals surface area contributed by atoms with Crippen LogP contribution >= 0.6 is 34.5 Å². The van der Waals surface area contributed by atoms with Gasteiger partial charge in [-0.3, -0.25) is 4.79 Å². The van der Waals surface area contributed by atoms with E-state index in [0.29, 0.717) is 42.1 Å². The average Bonchev–Trinajstić information content (AvgIpc) is 3.39. The Morgan fingerprint density at radius 1 is 1.38 bits per heavy atom. The summed E-state index contributed by atoms with van der Waals surface area (Å²) in [7, 11) is 1.64. The zero-order valence-corrected chi connectivity index (χ0v) is 16.7. The molecule has 8 heteroatoms. The van der Waals surface area contributed by atoms with E-state index in [0.717, 1.165) is 23.5 Å². The topological polar surface area (TPSA) is 51.7 Å². The molecule has 1 fully saturated rings. The molecule has 0 radical (unpaired) electrons. The highest BCUT2D eigenvalue weighted by Crippen LogP contribution is 2.32. The lowest BCUT2D eigenvalue weighted by Crippen LogP contribution is -2.34. The largest absolute Gasteiger partial charge is 0.485 e. The van der Waals surface area contributed by atoms with Gasteiger partial charge in [-0.15, -0.1) is 11.3 Å². The first-order valence-corrected chi connectivity index (χ1v) is 9.99. The molecule has 1 aliphatic carbocycles. The number of hydrogen-bond acceptors (Lipinski definition) is 5. The van der Waals surface area contributed by atoms with E-state index in [1.54, 1.807) is 25.3 Å². The minimum Gasteiger partial charge on any atom is -0.485 e. The van der Waals surface area contributed by atoms with Crippen molar-refractivity contribution in [1.82, 2.24) is 9.88 Å². The highest BCUT2D eigenvalue weighted by Gasteiger charge is 2.33. The van der Waals surface area contributed by atoms with Crippen LogP contribution in [0.2, 0.25) is 10.0 Å². The molecule has 0 bridgehead atoms. The Kier molecular flexibility index (Phi) is 6.75. The van der Waals surface area contributed by atoms with Crippen LogP contribution in [0.1, 0.15) is 23.5 Å². The van der Waals surface area contributed by atoms with Gasteiger partial charge < -0.3 is 14.4 Å². The van der Waals surface area contributed by atoms with Gasteiger partial charge in [0.1, 0.15) is 17.4 Å². The lowest BCUT2D eigenvalue weighted by Gasteiger charge is -2.21. The lowest BCUT2D eigenvalue weighted by atomic mass is 10.3. The van der Waals surface area contributed by atoms with E-state index in [1.165, 1.54) is 11.3 Å². The van der Waals surface area contributed by atoms with Crippen LogP contribution in [-0.2, 0) is 22.7 Å². The second kappa shape index (κ2) is 9.04. The van der Waals surface area contributed by atoms with Gasteiger partial charge in [0.05, 0.1) is 23.9 Å². The number of carbonyl (C=O) groups excluding carboxylic acids is 1. The number of rotatable bonds is 9. The number of benzene rings is 1. The fourth-order valence-electron chi connectivity index (χ4n) is 2.47. The second-order valence-electron chi connectivity index (χ2n) is 6.12. The molecule has 5 nitrogen and oxygen atoms in total. The number of carbonyl (C=O) groups is 1. The van der Waals surface area contributed by atoms with Gasteiger partial charge in [-0.05, 0) is 25.0 Å². The summed E-state index contributed by atoms with van der Waals surface area (Å²) in [5.41, 5.74) is 0.857. The Morgan fingerprint density at radius 2 is 2.19 bits per heavy atom. The average molecular weight is 415 g/mol. The molecule has 2 aromatic rings. The van der Waals surface area contributed by atoms with E-state index in [2.05, 4.69) is 4.98 Å². The minimum absolute atomic E-state index is 0.179. The third-order valence-electron chi connectivity index (χ3n) is 4.00. The van der Waals surface area contributed by atoms with Gasteiger partial charge in [0.15, 0.2) is 0 Å². The smallest absolute Gasteiger partial charge is 0.226 e. The van der Waals surface area contributed by atoms with Gasteiger partial charge in [-0.25, -0.2) is 4.98 Å². The Morgan fingerprint density at radius 3 is 2.92 bits per heavy atom. The van der Waals surface area contributed by atoms with Crippen molar-refractivity contribution in [2.75, 3.05) is 20.3 Å². The first kappa shape index (κ1) is 19.4. The molecule has 0 saturated heterocycles. The summed E-state index contributed by atoms with van der Waals surface area (Å²) >= 11 is 13.6. The summed E-state index contributed by atoms with van der Waals surface area (Å²) in [4.78, 5) is 18.8. The summed E-state index contributed by atoms with van der Waals surface area (Å²) in [6.45, 7) is 1.89. The van der Waals surface area contributed by atoms with Crippen LogP contribution in [0.3, 0.4) is 0 Å². The number of aromatic nitrogens is 1. The zero-order chi connectivity index (χ0) is 18.5. The summed E-state index contributed by atoms with van der Waals surface area (Å²) in [5.74, 6) is 0.901. The summed E-state index contributed by atoms with van der Waals surface area (Å²) in [6.07, 6.45) is 1.97. The van der Waals surface area contributed by atoms with Crippen molar-refractivity contribution in [3.63, 3.8) is 0 Å². The minimum atomic E-state index is 0.179. The number of methoxy groups -OCH3 is 1. The van der Waals surface area contributed by atoms with Crippen molar-refractivity contribution in [3.8, 4) is 5.75 Å². The molecule has 1 aromatic heterocycles. The van der Waals surface area contributed by atoms with Crippen molar-refractivity contribution in [1.29, 1.82) is 0 Å². The van der Waals surface area contributed by atoms with Crippen LogP contribution in [-0.4, -0.2) is 36.1 Å². The molecule has 0 N–H and O–H groups in total. The predicted molar refractivity (Wildman–Crippen MR) is 103 cm³/mol. The highest BCUT2D eigenvalue weighted by atomic mass is 35.5. The van der Waals surface area contributed by atoms with Crippen molar-refractivity contribution in [2.45, 2.75) is 26.0 Å². The normalized spacial score (nSPS) is 13.7. The van der Waals surface area contributed by atoms with Crippen LogP contribution in [0.25, 0.3) is 0 Å². The number of thiazole rings is 1. The maximum Gasteiger partial charge on any atom is 0.226 e. The summed E-state index contributed by atoms with van der Waals surface area (Å²) in [5, 5.41) is 3.85. The third-order valence-corrected chi connectivity index (χ3v) is 5.42. The van der Waals surface area contributed by atoms with Crippen molar-refractivity contribution >= 4 is 40.4 Å². The van der Waals surface area contributed by atoms with Gasteiger partial charge in [0, 0.05) is 36.0 Å².